The lowest BCUT2D eigenvalue weighted by atomic mass is 10.2. The molecule has 0 aromatic carbocycles. The van der Waals surface area contributed by atoms with Gasteiger partial charge in [0.15, 0.2) is 6.10 Å². The van der Waals surface area contributed by atoms with Crippen molar-refractivity contribution in [2.45, 2.75) is 46.1 Å². The first-order valence-electron chi connectivity index (χ1n) is 4.89. The minimum absolute atomic E-state index is 0.317. The summed E-state index contributed by atoms with van der Waals surface area (Å²) in [4.78, 5) is 10.7. The van der Waals surface area contributed by atoms with E-state index in [1.165, 1.54) is 6.92 Å². The molecule has 0 heterocycles. The molecule has 2 heteroatoms. The fourth-order valence-electron chi connectivity index (χ4n) is 0.849. The second-order valence-corrected chi connectivity index (χ2v) is 3.26. The van der Waals surface area contributed by atoms with Crippen LogP contribution in [0.1, 0.15) is 40.0 Å². The van der Waals surface area contributed by atoms with Crippen LogP contribution in [0.4, 0.5) is 0 Å². The largest absolute Gasteiger partial charge is 0.445 e. The molecule has 1 atom stereocenters. The molecule has 78 valence electrons. The van der Waals surface area contributed by atoms with E-state index in [-0.39, 0.29) is 5.97 Å². The molecule has 0 N–H and O–H groups in total. The molecule has 0 aromatic rings. The first-order chi connectivity index (χ1) is 6.57. The molecule has 0 radical (unpaired) electrons. The molecule has 0 amide bonds. The smallest absolute Gasteiger partial charge is 0.304 e. The highest BCUT2D eigenvalue weighted by Crippen LogP contribution is 2.03. The van der Waals surface area contributed by atoms with E-state index in [0.29, 0.717) is 0 Å². The zero-order valence-corrected chi connectivity index (χ0v) is 9.22. The highest BCUT2D eigenvalue weighted by Gasteiger charge is 2.07. The van der Waals surface area contributed by atoms with Crippen LogP contribution in [0.5, 0.6) is 0 Å². The Morgan fingerprint density at radius 2 is 2.14 bits per heavy atom. The lowest BCUT2D eigenvalue weighted by Crippen LogP contribution is -2.14. The van der Waals surface area contributed by atoms with E-state index in [1.54, 1.807) is 0 Å². The predicted octanol–water partition coefficient (Wildman–Crippen LogP) is 2.69. The van der Waals surface area contributed by atoms with Gasteiger partial charge in [-0.3, -0.25) is 4.79 Å². The van der Waals surface area contributed by atoms with Crippen molar-refractivity contribution in [2.75, 3.05) is 0 Å². The SMILES string of the molecule is C=C(C)C(C#CCCCC)OC(C)=O. The molecular weight excluding hydrogens is 176 g/mol. The molecule has 0 aliphatic rings. The van der Waals surface area contributed by atoms with Crippen molar-refractivity contribution in [3.63, 3.8) is 0 Å². The van der Waals surface area contributed by atoms with Gasteiger partial charge >= 0.3 is 5.97 Å². The molecule has 2 nitrogen and oxygen atoms in total. The standard InChI is InChI=1S/C12H18O2/c1-5-6-7-8-9-12(10(2)3)14-11(4)13/h12H,2,5-7H2,1,3-4H3. The molecule has 0 rings (SSSR count). The molecule has 0 aliphatic carbocycles. The van der Waals surface area contributed by atoms with Gasteiger partial charge in [-0.25, -0.2) is 0 Å². The Kier molecular flexibility index (Phi) is 6.57. The summed E-state index contributed by atoms with van der Waals surface area (Å²) in [6, 6.07) is 0. The lowest BCUT2D eigenvalue weighted by molar-refractivity contribution is -0.142. The summed E-state index contributed by atoms with van der Waals surface area (Å²) in [6.45, 7) is 9.03. The van der Waals surface area contributed by atoms with Gasteiger partial charge < -0.3 is 4.74 Å². The first-order valence-corrected chi connectivity index (χ1v) is 4.89. The minimum atomic E-state index is -0.440. The van der Waals surface area contributed by atoms with Crippen molar-refractivity contribution in [3.8, 4) is 11.8 Å². The van der Waals surface area contributed by atoms with Crippen molar-refractivity contribution in [2.24, 2.45) is 0 Å². The minimum Gasteiger partial charge on any atom is -0.445 e. The number of unbranched alkanes of at least 4 members (excludes halogenated alkanes) is 2. The van der Waals surface area contributed by atoms with Gasteiger partial charge in [-0.2, -0.15) is 0 Å². The van der Waals surface area contributed by atoms with E-state index in [4.69, 9.17) is 4.74 Å². The third kappa shape index (κ3) is 6.30. The van der Waals surface area contributed by atoms with Crippen LogP contribution < -0.4 is 0 Å². The van der Waals surface area contributed by atoms with E-state index in [1.807, 2.05) is 6.92 Å². The Balaban J connectivity index is 4.13. The Labute approximate surface area is 86.3 Å². The number of carbonyl (C=O) groups excluding carboxylic acids is 1. The van der Waals surface area contributed by atoms with Crippen molar-refractivity contribution < 1.29 is 9.53 Å². The molecule has 1 unspecified atom stereocenters. The van der Waals surface area contributed by atoms with Gasteiger partial charge in [0, 0.05) is 13.3 Å². The summed E-state index contributed by atoms with van der Waals surface area (Å²) in [5.41, 5.74) is 0.768. The van der Waals surface area contributed by atoms with Crippen LogP contribution in [-0.2, 0) is 9.53 Å². The fraction of sp³-hybridized carbons (Fsp3) is 0.583. The van der Waals surface area contributed by atoms with Crippen LogP contribution in [0.3, 0.4) is 0 Å². The van der Waals surface area contributed by atoms with Gasteiger partial charge in [0.05, 0.1) is 0 Å². The van der Waals surface area contributed by atoms with Crippen molar-refractivity contribution in [3.05, 3.63) is 12.2 Å². The third-order valence-electron chi connectivity index (χ3n) is 1.62. The quantitative estimate of drug-likeness (QED) is 0.298. The summed E-state index contributed by atoms with van der Waals surface area (Å²) in [6.07, 6.45) is 2.61. The Bertz CT molecular complexity index is 255. The zero-order valence-electron chi connectivity index (χ0n) is 9.22. The van der Waals surface area contributed by atoms with Gasteiger partial charge in [0.1, 0.15) is 0 Å². The van der Waals surface area contributed by atoms with E-state index in [2.05, 4.69) is 25.3 Å². The van der Waals surface area contributed by atoms with E-state index >= 15 is 0 Å². The van der Waals surface area contributed by atoms with Gasteiger partial charge in [0.2, 0.25) is 0 Å². The Morgan fingerprint density at radius 3 is 2.57 bits per heavy atom. The second kappa shape index (κ2) is 7.20. The Morgan fingerprint density at radius 1 is 1.50 bits per heavy atom. The predicted molar refractivity (Wildman–Crippen MR) is 57.7 cm³/mol. The van der Waals surface area contributed by atoms with Crippen LogP contribution in [0.15, 0.2) is 12.2 Å². The molecule has 0 saturated heterocycles. The van der Waals surface area contributed by atoms with E-state index in [9.17, 15) is 4.79 Å². The fourth-order valence-corrected chi connectivity index (χ4v) is 0.849. The number of ether oxygens (including phenoxy) is 1. The van der Waals surface area contributed by atoms with Gasteiger partial charge in [-0.1, -0.05) is 31.8 Å². The number of hydrogen-bond acceptors (Lipinski definition) is 2. The average molecular weight is 194 g/mol. The van der Waals surface area contributed by atoms with Crippen LogP contribution in [0.2, 0.25) is 0 Å². The van der Waals surface area contributed by atoms with Crippen LogP contribution in [0.25, 0.3) is 0 Å². The topological polar surface area (TPSA) is 26.3 Å². The van der Waals surface area contributed by atoms with Crippen LogP contribution >= 0.6 is 0 Å². The second-order valence-electron chi connectivity index (χ2n) is 3.26. The van der Waals surface area contributed by atoms with Gasteiger partial charge in [-0.05, 0) is 18.9 Å². The maximum atomic E-state index is 10.7. The zero-order chi connectivity index (χ0) is 11.0. The maximum absolute atomic E-state index is 10.7. The maximum Gasteiger partial charge on any atom is 0.304 e. The molecule has 14 heavy (non-hydrogen) atoms. The van der Waals surface area contributed by atoms with Gasteiger partial charge in [-0.15, -0.1) is 0 Å². The molecule has 0 bridgehead atoms. The third-order valence-corrected chi connectivity index (χ3v) is 1.62. The molecule has 0 fully saturated rings. The van der Waals surface area contributed by atoms with Crippen molar-refractivity contribution in [1.82, 2.24) is 0 Å². The van der Waals surface area contributed by atoms with Crippen LogP contribution in [0, 0.1) is 11.8 Å². The lowest BCUT2D eigenvalue weighted by Gasteiger charge is -2.09. The number of esters is 1. The molecule has 0 saturated carbocycles. The number of rotatable bonds is 4. The van der Waals surface area contributed by atoms with Crippen molar-refractivity contribution in [1.29, 1.82) is 0 Å². The highest BCUT2D eigenvalue weighted by atomic mass is 16.5. The average Bonchev–Trinajstić information content (AvgIpc) is 2.09. The normalized spacial score (nSPS) is 11.1. The first kappa shape index (κ1) is 12.8. The molecule has 0 spiro atoms. The molecule has 0 aromatic heterocycles. The van der Waals surface area contributed by atoms with E-state index in [0.717, 1.165) is 24.8 Å². The number of carbonyl (C=O) groups is 1. The summed E-state index contributed by atoms with van der Waals surface area (Å²) in [5.74, 6) is 5.56. The van der Waals surface area contributed by atoms with E-state index < -0.39 is 6.10 Å². The summed E-state index contributed by atoms with van der Waals surface area (Å²) < 4.78 is 4.98. The summed E-state index contributed by atoms with van der Waals surface area (Å²) >= 11 is 0. The monoisotopic (exact) mass is 194 g/mol. The van der Waals surface area contributed by atoms with Crippen molar-refractivity contribution >= 4 is 5.97 Å². The summed E-state index contributed by atoms with van der Waals surface area (Å²) in [5, 5.41) is 0. The number of hydrogen-bond donors (Lipinski definition) is 0. The van der Waals surface area contributed by atoms with Gasteiger partial charge in [0.25, 0.3) is 0 Å². The molecule has 0 aliphatic heterocycles. The molecular formula is C12H18O2. The van der Waals surface area contributed by atoms with Crippen LogP contribution in [-0.4, -0.2) is 12.1 Å². The Hall–Kier alpha value is -1.23. The highest BCUT2D eigenvalue weighted by molar-refractivity contribution is 5.66. The summed E-state index contributed by atoms with van der Waals surface area (Å²) in [7, 11) is 0.